The lowest BCUT2D eigenvalue weighted by Gasteiger charge is -2.15. The van der Waals surface area contributed by atoms with E-state index in [4.69, 9.17) is 38.7 Å². The number of hydrogen-bond donors (Lipinski definition) is 0. The van der Waals surface area contributed by atoms with Crippen molar-refractivity contribution < 1.29 is 8.83 Å². The van der Waals surface area contributed by atoms with E-state index < -0.39 is 0 Å². The van der Waals surface area contributed by atoms with Gasteiger partial charge >= 0.3 is 0 Å². The lowest BCUT2D eigenvalue weighted by Crippen LogP contribution is -2.01. The topological polar surface area (TPSA) is 113 Å². The fourth-order valence-electron chi connectivity index (χ4n) is 14.7. The van der Waals surface area contributed by atoms with Crippen molar-refractivity contribution >= 4 is 87.5 Å². The molecule has 0 aliphatic heterocycles. The molecule has 6 aromatic heterocycles. The first-order valence-corrected chi connectivity index (χ1v) is 33.5. The van der Waals surface area contributed by atoms with Crippen molar-refractivity contribution in [2.24, 2.45) is 0 Å². The van der Waals surface area contributed by atoms with E-state index in [2.05, 4.69) is 234 Å². The molecule has 0 fully saturated rings. The number of hydrogen-bond acceptors (Lipinski definition) is 8. The number of benzene rings is 14. The maximum atomic E-state index is 6.45. The van der Waals surface area contributed by atoms with Crippen molar-refractivity contribution in [3.05, 3.63) is 328 Å². The zero-order valence-corrected chi connectivity index (χ0v) is 53.6. The van der Waals surface area contributed by atoms with Crippen molar-refractivity contribution in [3.63, 3.8) is 0 Å². The number of furan rings is 2. The van der Waals surface area contributed by atoms with Crippen molar-refractivity contribution in [1.82, 2.24) is 39.0 Å². The molecule has 20 aromatic rings. The van der Waals surface area contributed by atoms with Crippen LogP contribution < -0.4 is 0 Å². The monoisotopic (exact) mass is 1280 g/mol. The lowest BCUT2D eigenvalue weighted by atomic mass is 9.91. The molecule has 6 heterocycles. The van der Waals surface area contributed by atoms with Gasteiger partial charge in [-0.25, -0.2) is 29.9 Å². The lowest BCUT2D eigenvalue weighted by molar-refractivity contribution is 0.668. The van der Waals surface area contributed by atoms with Crippen LogP contribution in [0.15, 0.2) is 336 Å². The van der Waals surface area contributed by atoms with E-state index >= 15 is 0 Å². The summed E-state index contributed by atoms with van der Waals surface area (Å²) in [4.78, 5) is 31.2. The highest BCUT2D eigenvalue weighted by molar-refractivity contribution is 6.15. The Labute approximate surface area is 572 Å². The number of para-hydroxylation sites is 4. The van der Waals surface area contributed by atoms with Crippen LogP contribution in [0.1, 0.15) is 0 Å². The number of aromatic nitrogens is 8. The van der Waals surface area contributed by atoms with Crippen LogP contribution in [-0.4, -0.2) is 39.0 Å². The van der Waals surface area contributed by atoms with Gasteiger partial charge in [0.1, 0.15) is 22.3 Å². The third-order valence-electron chi connectivity index (χ3n) is 19.4. The van der Waals surface area contributed by atoms with Gasteiger partial charge in [0, 0.05) is 87.8 Å². The molecule has 14 aromatic carbocycles. The Kier molecular flexibility index (Phi) is 13.0. The van der Waals surface area contributed by atoms with Crippen LogP contribution in [-0.2, 0) is 0 Å². The van der Waals surface area contributed by atoms with Gasteiger partial charge in [0.2, 0.25) is 0 Å². The minimum Gasteiger partial charge on any atom is -0.456 e. The smallest absolute Gasteiger partial charge is 0.164 e. The van der Waals surface area contributed by atoms with Crippen LogP contribution in [0.25, 0.3) is 201 Å². The van der Waals surface area contributed by atoms with E-state index in [-0.39, 0.29) is 0 Å². The summed E-state index contributed by atoms with van der Waals surface area (Å²) in [7, 11) is 0. The van der Waals surface area contributed by atoms with Crippen LogP contribution >= 0.6 is 0 Å². The van der Waals surface area contributed by atoms with Gasteiger partial charge in [-0.1, -0.05) is 218 Å². The molecule has 0 saturated heterocycles. The Morgan fingerprint density at radius 2 is 0.540 bits per heavy atom. The van der Waals surface area contributed by atoms with Crippen LogP contribution in [0.4, 0.5) is 0 Å². The quantitative estimate of drug-likeness (QED) is 0.126. The largest absolute Gasteiger partial charge is 0.456 e. The normalized spacial score (nSPS) is 11.8. The molecule has 0 atom stereocenters. The Morgan fingerprint density at radius 3 is 1.12 bits per heavy atom. The fraction of sp³-hybridized carbons (Fsp3) is 0. The van der Waals surface area contributed by atoms with Gasteiger partial charge in [0.25, 0.3) is 0 Å². The van der Waals surface area contributed by atoms with E-state index in [1.807, 2.05) is 103 Å². The molecule has 0 amide bonds. The van der Waals surface area contributed by atoms with Gasteiger partial charge in [-0.05, 0) is 143 Å². The van der Waals surface area contributed by atoms with Crippen molar-refractivity contribution in [1.29, 1.82) is 0 Å². The second kappa shape index (κ2) is 23.0. The summed E-state index contributed by atoms with van der Waals surface area (Å²) in [5.74, 6) is 3.51. The maximum Gasteiger partial charge on any atom is 0.164 e. The van der Waals surface area contributed by atoms with E-state index in [1.165, 1.54) is 5.39 Å². The molecule has 0 aliphatic rings. The SMILES string of the molecule is c1ccc(-c2nc(-c3ccccc3)nc(-c3ccc(-n4c5ccccc5c5cc(-c6cccc(-c7nc(-c8ccccc8)nc(-c8cccc(-n9c%10ccccc%10c%10ccc(-c%11ccc%12oc%13ccccc%13c%12c%11)cc%109)c8)n7)c6)c(-c6ccc7oc8ccccc8c7c6)cc54)cc3)n2)cc1. The number of rotatable bonds is 11. The molecule has 10 nitrogen and oxygen atoms in total. The zero-order valence-electron chi connectivity index (χ0n) is 53.6. The molecule has 20 rings (SSSR count). The molecule has 0 aliphatic carbocycles. The Balaban J connectivity index is 0.727. The summed E-state index contributed by atoms with van der Waals surface area (Å²) in [5, 5.41) is 8.87. The van der Waals surface area contributed by atoms with Gasteiger partial charge in [-0.15, -0.1) is 0 Å². The maximum absolute atomic E-state index is 6.45. The standard InChI is InChI=1S/C90H54N8O2/c1-4-20-55(21-5-1)85-91-86(56-22-6-2-7-23-56)93-88(92-85)58-38-43-65(44-39-58)97-78-35-15-11-31-68(78)74-53-72(73(54-80(74)97)62-42-47-84-76(51-62)71-33-13-17-37-82(71)100-84)61-26-18-27-63(48-61)89-94-87(57-24-8-3-9-25-57)95-90(96-89)64-28-19-29-66(49-64)98-77-34-14-10-30-67(77)69-45-40-60(52-79(69)98)59-41-46-83-75(50-59)70-32-12-16-36-81(70)99-83/h1-54H. The summed E-state index contributed by atoms with van der Waals surface area (Å²) in [6.45, 7) is 0. The van der Waals surface area contributed by atoms with Gasteiger partial charge < -0.3 is 18.0 Å². The predicted octanol–water partition coefficient (Wildman–Crippen LogP) is 23.1. The second-order valence-electron chi connectivity index (χ2n) is 25.4. The summed E-state index contributed by atoms with van der Waals surface area (Å²) in [6.07, 6.45) is 0. The Hall–Kier alpha value is -13.7. The second-order valence-corrected chi connectivity index (χ2v) is 25.4. The third-order valence-corrected chi connectivity index (χ3v) is 19.4. The Bertz CT molecular complexity index is 6590. The number of nitrogens with zero attached hydrogens (tertiary/aromatic N) is 8. The molecule has 10 heteroatoms. The minimum absolute atomic E-state index is 0.554. The summed E-state index contributed by atoms with van der Waals surface area (Å²) in [6, 6.07) is 115. The predicted molar refractivity (Wildman–Crippen MR) is 405 cm³/mol. The van der Waals surface area contributed by atoms with Crippen molar-refractivity contribution in [2.75, 3.05) is 0 Å². The van der Waals surface area contributed by atoms with Crippen LogP contribution in [0, 0.1) is 0 Å². The average Bonchev–Trinajstić information content (AvgIpc) is 1.57. The third kappa shape index (κ3) is 9.56. The van der Waals surface area contributed by atoms with E-state index in [0.717, 1.165) is 160 Å². The molecule has 0 N–H and O–H groups in total. The highest BCUT2D eigenvalue weighted by Gasteiger charge is 2.23. The molecule has 0 spiro atoms. The highest BCUT2D eigenvalue weighted by Crippen LogP contribution is 2.45. The van der Waals surface area contributed by atoms with Crippen molar-refractivity contribution in [2.45, 2.75) is 0 Å². The van der Waals surface area contributed by atoms with Gasteiger partial charge in [0.15, 0.2) is 34.9 Å². The molecule has 0 unspecified atom stereocenters. The van der Waals surface area contributed by atoms with Gasteiger partial charge in [-0.2, -0.15) is 0 Å². The van der Waals surface area contributed by atoms with Crippen LogP contribution in [0.2, 0.25) is 0 Å². The van der Waals surface area contributed by atoms with Crippen LogP contribution in [0.5, 0.6) is 0 Å². The Morgan fingerprint density at radius 1 is 0.180 bits per heavy atom. The molecule has 100 heavy (non-hydrogen) atoms. The first kappa shape index (κ1) is 56.6. The molecule has 0 radical (unpaired) electrons. The van der Waals surface area contributed by atoms with E-state index in [0.29, 0.717) is 34.9 Å². The molecule has 0 bridgehead atoms. The highest BCUT2D eigenvalue weighted by atomic mass is 16.3. The minimum atomic E-state index is 0.554. The molecule has 0 saturated carbocycles. The van der Waals surface area contributed by atoms with Gasteiger partial charge in [0.05, 0.1) is 22.1 Å². The molecule has 466 valence electrons. The van der Waals surface area contributed by atoms with E-state index in [9.17, 15) is 0 Å². The first-order chi connectivity index (χ1) is 49.5. The molecular formula is C90H54N8O2. The van der Waals surface area contributed by atoms with Gasteiger partial charge in [-0.3, -0.25) is 0 Å². The molecular weight excluding hydrogens is 1230 g/mol. The zero-order chi connectivity index (χ0) is 65.8. The first-order valence-electron chi connectivity index (χ1n) is 33.5. The summed E-state index contributed by atoms with van der Waals surface area (Å²) >= 11 is 0. The number of fused-ring (bicyclic) bond motifs is 12. The average molecular weight is 1280 g/mol. The summed E-state index contributed by atoms with van der Waals surface area (Å²) < 4.78 is 17.4. The fourth-order valence-corrected chi connectivity index (χ4v) is 14.7. The van der Waals surface area contributed by atoms with Crippen molar-refractivity contribution in [3.8, 4) is 113 Å². The van der Waals surface area contributed by atoms with Crippen LogP contribution in [0.3, 0.4) is 0 Å². The summed E-state index contributed by atoms with van der Waals surface area (Å²) in [5.41, 5.74) is 21.4. The van der Waals surface area contributed by atoms with E-state index in [1.54, 1.807) is 0 Å².